The normalized spacial score (nSPS) is 14.9. The minimum Gasteiger partial charge on any atom is -0.462 e. The van der Waals surface area contributed by atoms with Crippen LogP contribution in [-0.4, -0.2) is 0 Å². The molecule has 0 radical (unpaired) electrons. The summed E-state index contributed by atoms with van der Waals surface area (Å²) < 4.78 is 18.6. The molecule has 1 aliphatic rings. The van der Waals surface area contributed by atoms with Gasteiger partial charge in [0.1, 0.15) is 17.3 Å². The summed E-state index contributed by atoms with van der Waals surface area (Å²) >= 11 is 0. The van der Waals surface area contributed by atoms with Gasteiger partial charge in [0.25, 0.3) is 0 Å². The Morgan fingerprint density at radius 1 is 1.33 bits per heavy atom. The van der Waals surface area contributed by atoms with Gasteiger partial charge in [0.15, 0.2) is 0 Å². The van der Waals surface area contributed by atoms with Gasteiger partial charge < -0.3 is 4.74 Å². The molecule has 15 heavy (non-hydrogen) atoms. The van der Waals surface area contributed by atoms with Crippen molar-refractivity contribution in [1.29, 1.82) is 0 Å². The van der Waals surface area contributed by atoms with E-state index in [1.165, 1.54) is 6.07 Å². The second-order valence-electron chi connectivity index (χ2n) is 3.61. The minimum absolute atomic E-state index is 0.195. The molecule has 0 N–H and O–H groups in total. The van der Waals surface area contributed by atoms with E-state index in [0.717, 1.165) is 18.6 Å². The molecule has 0 aromatic heterocycles. The third-order valence-electron chi connectivity index (χ3n) is 2.35. The first-order chi connectivity index (χ1) is 7.25. The lowest BCUT2D eigenvalue weighted by Gasteiger charge is -2.11. The van der Waals surface area contributed by atoms with Crippen LogP contribution in [0.3, 0.4) is 0 Å². The first kappa shape index (κ1) is 9.97. The van der Waals surface area contributed by atoms with Crippen molar-refractivity contribution < 1.29 is 9.13 Å². The fourth-order valence-corrected chi connectivity index (χ4v) is 1.50. The topological polar surface area (TPSA) is 9.23 Å². The van der Waals surface area contributed by atoms with E-state index in [4.69, 9.17) is 4.74 Å². The van der Waals surface area contributed by atoms with E-state index < -0.39 is 0 Å². The molecule has 1 aromatic rings. The van der Waals surface area contributed by atoms with Crippen LogP contribution in [0.1, 0.15) is 18.4 Å². The summed E-state index contributed by atoms with van der Waals surface area (Å²) in [5.74, 6) is 1.44. The summed E-state index contributed by atoms with van der Waals surface area (Å²) in [5, 5.41) is 0. The number of allylic oxidation sites excluding steroid dienone is 4. The molecule has 1 aliphatic carbocycles. The third kappa shape index (κ3) is 2.46. The van der Waals surface area contributed by atoms with E-state index in [2.05, 4.69) is 6.08 Å². The standard InChI is InChI=1S/C13H13FO/c1-10-9-12(7-8-13(10)14)15-11-5-3-2-4-6-11/h2-3,5,7-9H,4,6H2,1H3. The smallest absolute Gasteiger partial charge is 0.127 e. The van der Waals surface area contributed by atoms with Crippen LogP contribution in [0.15, 0.2) is 42.2 Å². The molecule has 0 amide bonds. The Hall–Kier alpha value is -1.57. The van der Waals surface area contributed by atoms with Gasteiger partial charge in [-0.15, -0.1) is 0 Å². The van der Waals surface area contributed by atoms with Crippen LogP contribution in [0.2, 0.25) is 0 Å². The van der Waals surface area contributed by atoms with Gasteiger partial charge in [-0.05, 0) is 43.2 Å². The second kappa shape index (κ2) is 4.30. The molecule has 0 saturated carbocycles. The van der Waals surface area contributed by atoms with Crippen molar-refractivity contribution >= 4 is 0 Å². The number of hydrogen-bond donors (Lipinski definition) is 0. The first-order valence-electron chi connectivity index (χ1n) is 5.05. The number of aryl methyl sites for hydroxylation is 1. The Morgan fingerprint density at radius 2 is 2.20 bits per heavy atom. The van der Waals surface area contributed by atoms with Crippen molar-refractivity contribution in [2.45, 2.75) is 19.8 Å². The SMILES string of the molecule is Cc1cc(OC2=CC=CCC2)ccc1F. The van der Waals surface area contributed by atoms with Gasteiger partial charge in [-0.1, -0.05) is 12.2 Å². The lowest BCUT2D eigenvalue weighted by molar-refractivity contribution is 0.401. The highest BCUT2D eigenvalue weighted by Crippen LogP contribution is 2.21. The summed E-state index contributed by atoms with van der Waals surface area (Å²) in [7, 11) is 0. The lowest BCUT2D eigenvalue weighted by Crippen LogP contribution is -1.97. The van der Waals surface area contributed by atoms with E-state index in [0.29, 0.717) is 11.3 Å². The van der Waals surface area contributed by atoms with Crippen LogP contribution in [0.4, 0.5) is 4.39 Å². The number of rotatable bonds is 2. The zero-order valence-corrected chi connectivity index (χ0v) is 8.66. The van der Waals surface area contributed by atoms with Crippen molar-refractivity contribution in [2.24, 2.45) is 0 Å². The van der Waals surface area contributed by atoms with E-state index in [1.807, 2.05) is 12.2 Å². The highest BCUT2D eigenvalue weighted by molar-refractivity contribution is 5.31. The highest BCUT2D eigenvalue weighted by Gasteiger charge is 2.04. The minimum atomic E-state index is -0.195. The average molecular weight is 204 g/mol. The van der Waals surface area contributed by atoms with Crippen LogP contribution >= 0.6 is 0 Å². The first-order valence-corrected chi connectivity index (χ1v) is 5.05. The van der Waals surface area contributed by atoms with Gasteiger partial charge in [0.05, 0.1) is 0 Å². The second-order valence-corrected chi connectivity index (χ2v) is 3.61. The number of halogens is 1. The molecule has 0 unspecified atom stereocenters. The molecule has 0 spiro atoms. The third-order valence-corrected chi connectivity index (χ3v) is 2.35. The van der Waals surface area contributed by atoms with E-state index in [-0.39, 0.29) is 5.82 Å². The van der Waals surface area contributed by atoms with Gasteiger partial charge in [-0.25, -0.2) is 4.39 Å². The molecule has 1 aromatic carbocycles. The summed E-state index contributed by atoms with van der Waals surface area (Å²) in [4.78, 5) is 0. The van der Waals surface area contributed by atoms with Gasteiger partial charge in [0, 0.05) is 6.42 Å². The number of benzene rings is 1. The molecule has 0 aliphatic heterocycles. The Bertz CT molecular complexity index is 419. The number of hydrogen-bond acceptors (Lipinski definition) is 1. The lowest BCUT2D eigenvalue weighted by atomic mass is 10.1. The van der Waals surface area contributed by atoms with Crippen molar-refractivity contribution in [3.05, 3.63) is 53.6 Å². The van der Waals surface area contributed by atoms with E-state index >= 15 is 0 Å². The van der Waals surface area contributed by atoms with Crippen LogP contribution < -0.4 is 4.74 Å². The summed E-state index contributed by atoms with van der Waals surface area (Å²) in [5.41, 5.74) is 0.611. The quantitative estimate of drug-likeness (QED) is 0.713. The molecule has 1 nitrogen and oxygen atoms in total. The van der Waals surface area contributed by atoms with Crippen molar-refractivity contribution in [2.75, 3.05) is 0 Å². The predicted molar refractivity (Wildman–Crippen MR) is 58.2 cm³/mol. The van der Waals surface area contributed by atoms with Gasteiger partial charge in [-0.3, -0.25) is 0 Å². The van der Waals surface area contributed by atoms with E-state index in [9.17, 15) is 4.39 Å². The average Bonchev–Trinajstić information content (AvgIpc) is 2.25. The Balaban J connectivity index is 2.14. The molecule has 0 saturated heterocycles. The highest BCUT2D eigenvalue weighted by atomic mass is 19.1. The summed E-state index contributed by atoms with van der Waals surface area (Å²) in [6.07, 6.45) is 7.94. The van der Waals surface area contributed by atoms with Crippen LogP contribution in [-0.2, 0) is 0 Å². The Kier molecular flexibility index (Phi) is 2.86. The fraction of sp³-hybridized carbons (Fsp3) is 0.231. The van der Waals surface area contributed by atoms with Crippen LogP contribution in [0, 0.1) is 12.7 Å². The maximum atomic E-state index is 13.0. The van der Waals surface area contributed by atoms with Crippen LogP contribution in [0.25, 0.3) is 0 Å². The maximum absolute atomic E-state index is 13.0. The molecular weight excluding hydrogens is 191 g/mol. The molecule has 2 heteroatoms. The zero-order chi connectivity index (χ0) is 10.7. The largest absolute Gasteiger partial charge is 0.462 e. The molecule has 2 rings (SSSR count). The monoisotopic (exact) mass is 204 g/mol. The van der Waals surface area contributed by atoms with Crippen LogP contribution in [0.5, 0.6) is 5.75 Å². The van der Waals surface area contributed by atoms with Crippen molar-refractivity contribution in [3.63, 3.8) is 0 Å². The fourth-order valence-electron chi connectivity index (χ4n) is 1.50. The van der Waals surface area contributed by atoms with Gasteiger partial charge >= 0.3 is 0 Å². The van der Waals surface area contributed by atoms with Crippen molar-refractivity contribution in [3.8, 4) is 5.75 Å². The molecule has 0 fully saturated rings. The zero-order valence-electron chi connectivity index (χ0n) is 8.66. The summed E-state index contributed by atoms with van der Waals surface area (Å²) in [6, 6.07) is 4.81. The van der Waals surface area contributed by atoms with E-state index in [1.54, 1.807) is 19.1 Å². The van der Waals surface area contributed by atoms with Crippen molar-refractivity contribution in [1.82, 2.24) is 0 Å². The van der Waals surface area contributed by atoms with Gasteiger partial charge in [-0.2, -0.15) is 0 Å². The Morgan fingerprint density at radius 3 is 2.87 bits per heavy atom. The molecule has 0 heterocycles. The molecule has 0 bridgehead atoms. The predicted octanol–water partition coefficient (Wildman–Crippen LogP) is 3.75. The van der Waals surface area contributed by atoms with Gasteiger partial charge in [0.2, 0.25) is 0 Å². The molecule has 78 valence electrons. The Labute approximate surface area is 88.9 Å². The molecular formula is C13H13FO. The maximum Gasteiger partial charge on any atom is 0.127 e. The summed E-state index contributed by atoms with van der Waals surface area (Å²) in [6.45, 7) is 1.73. The molecule has 0 atom stereocenters. The number of ether oxygens (including phenoxy) is 1.